The normalized spacial score (nSPS) is 21.4. The Hall–Kier alpha value is -0.440. The molecule has 0 bridgehead atoms. The highest BCUT2D eigenvalue weighted by Gasteiger charge is 2.28. The van der Waals surface area contributed by atoms with Crippen molar-refractivity contribution in [3.8, 4) is 0 Å². The average molecular weight is 396 g/mol. The fourth-order valence-electron chi connectivity index (χ4n) is 3.88. The van der Waals surface area contributed by atoms with E-state index in [9.17, 15) is 10.2 Å². The lowest BCUT2D eigenvalue weighted by Gasteiger charge is -2.35. The number of hydrogen-bond donors (Lipinski definition) is 3. The van der Waals surface area contributed by atoms with E-state index >= 15 is 0 Å². The fourth-order valence-corrected chi connectivity index (χ4v) is 3.88. The molecule has 2 fully saturated rings. The number of nitrogens with zero attached hydrogens (tertiary/aromatic N) is 4. The molecule has 146 valence electrons. The van der Waals surface area contributed by atoms with Gasteiger partial charge >= 0.3 is 0 Å². The number of hydrogen-bond acceptors (Lipinski definition) is 6. The molecule has 0 radical (unpaired) electrons. The first-order chi connectivity index (χ1) is 11.2. The van der Waals surface area contributed by atoms with Crippen molar-refractivity contribution in [2.45, 2.75) is 44.3 Å². The van der Waals surface area contributed by atoms with Gasteiger partial charge in [-0.25, -0.2) is 0 Å². The number of aliphatic hydroxyl groups is 2. The molecule has 2 aliphatic heterocycles. The van der Waals surface area contributed by atoms with Crippen molar-refractivity contribution in [3.05, 3.63) is 11.6 Å². The second-order valence-corrected chi connectivity index (χ2v) is 6.92. The molecule has 9 heteroatoms. The van der Waals surface area contributed by atoms with Gasteiger partial charge in [-0.2, -0.15) is 0 Å². The first-order valence-electron chi connectivity index (χ1n) is 8.79. The van der Waals surface area contributed by atoms with Gasteiger partial charge in [0.05, 0.1) is 6.10 Å². The summed E-state index contributed by atoms with van der Waals surface area (Å²) in [5.41, 5.74) is 0. The molecule has 0 aliphatic carbocycles. The van der Waals surface area contributed by atoms with Crippen LogP contribution >= 0.6 is 24.8 Å². The van der Waals surface area contributed by atoms with Crippen LogP contribution < -0.4 is 5.32 Å². The number of rotatable bonds is 5. The summed E-state index contributed by atoms with van der Waals surface area (Å²) in [5, 5.41) is 31.3. The van der Waals surface area contributed by atoms with Crippen LogP contribution in [0, 0.1) is 5.92 Å². The molecule has 0 spiro atoms. The van der Waals surface area contributed by atoms with E-state index in [4.69, 9.17) is 0 Å². The molecule has 0 saturated carbocycles. The van der Waals surface area contributed by atoms with E-state index in [1.807, 2.05) is 11.6 Å². The fraction of sp³-hybridized carbons (Fsp3) is 0.875. The standard InChI is InChI=1S/C16H29N5O2.2ClH/c1-20-15(11-22)18-19-16(20)13-4-8-21(9-5-13)10-14(23)12-2-6-17-7-3-12;;/h12-14,17,22-23H,2-11H2,1H3;2*1H. The van der Waals surface area contributed by atoms with Gasteiger partial charge in [0, 0.05) is 19.5 Å². The minimum Gasteiger partial charge on any atom is -0.392 e. The van der Waals surface area contributed by atoms with Crippen LogP contribution in [0.3, 0.4) is 0 Å². The second kappa shape index (κ2) is 10.6. The summed E-state index contributed by atoms with van der Waals surface area (Å²) >= 11 is 0. The Morgan fingerprint density at radius 1 is 1.12 bits per heavy atom. The van der Waals surface area contributed by atoms with Crippen LogP contribution in [0.4, 0.5) is 0 Å². The number of β-amino-alcohol motifs (C(OH)–C–C–N with tert-alkyl or cyclic N) is 1. The van der Waals surface area contributed by atoms with E-state index in [-0.39, 0.29) is 37.5 Å². The number of piperidine rings is 2. The maximum atomic E-state index is 10.5. The monoisotopic (exact) mass is 395 g/mol. The molecule has 25 heavy (non-hydrogen) atoms. The van der Waals surface area contributed by atoms with Gasteiger partial charge in [0.1, 0.15) is 12.4 Å². The molecule has 1 aromatic rings. The predicted molar refractivity (Wildman–Crippen MR) is 101 cm³/mol. The Balaban J connectivity index is 0.00000156. The van der Waals surface area contributed by atoms with Gasteiger partial charge in [-0.05, 0) is 57.8 Å². The summed E-state index contributed by atoms with van der Waals surface area (Å²) in [5.74, 6) is 2.45. The van der Waals surface area contributed by atoms with Crippen LogP contribution in [0.5, 0.6) is 0 Å². The van der Waals surface area contributed by atoms with Crippen molar-refractivity contribution >= 4 is 24.8 Å². The van der Waals surface area contributed by atoms with Gasteiger partial charge in [-0.1, -0.05) is 0 Å². The van der Waals surface area contributed by atoms with Crippen LogP contribution in [0.15, 0.2) is 0 Å². The second-order valence-electron chi connectivity index (χ2n) is 6.92. The molecule has 2 aliphatic rings. The Kier molecular flexibility index (Phi) is 9.62. The highest BCUT2D eigenvalue weighted by atomic mass is 35.5. The zero-order valence-electron chi connectivity index (χ0n) is 14.8. The molecular weight excluding hydrogens is 365 g/mol. The number of halogens is 2. The van der Waals surface area contributed by atoms with Gasteiger partial charge in [-0.15, -0.1) is 35.0 Å². The average Bonchev–Trinajstić information content (AvgIpc) is 2.97. The zero-order valence-corrected chi connectivity index (χ0v) is 16.4. The molecule has 3 rings (SSSR count). The molecule has 3 N–H and O–H groups in total. The van der Waals surface area contributed by atoms with E-state index in [0.29, 0.717) is 17.7 Å². The van der Waals surface area contributed by atoms with Gasteiger partial charge < -0.3 is 25.0 Å². The van der Waals surface area contributed by atoms with Crippen molar-refractivity contribution in [1.29, 1.82) is 0 Å². The van der Waals surface area contributed by atoms with Crippen LogP contribution in [-0.4, -0.2) is 68.7 Å². The molecule has 7 nitrogen and oxygen atoms in total. The van der Waals surface area contributed by atoms with Gasteiger partial charge in [0.25, 0.3) is 0 Å². The third kappa shape index (κ3) is 5.52. The van der Waals surface area contributed by atoms with Crippen LogP contribution in [0.2, 0.25) is 0 Å². The Morgan fingerprint density at radius 3 is 2.32 bits per heavy atom. The summed E-state index contributed by atoms with van der Waals surface area (Å²) in [7, 11) is 1.92. The van der Waals surface area contributed by atoms with Crippen molar-refractivity contribution in [1.82, 2.24) is 25.0 Å². The maximum Gasteiger partial charge on any atom is 0.158 e. The quantitative estimate of drug-likeness (QED) is 0.679. The minimum absolute atomic E-state index is 0. The first-order valence-corrected chi connectivity index (χ1v) is 8.79. The van der Waals surface area contributed by atoms with Crippen molar-refractivity contribution in [2.24, 2.45) is 13.0 Å². The van der Waals surface area contributed by atoms with E-state index in [2.05, 4.69) is 20.4 Å². The lowest BCUT2D eigenvalue weighted by molar-refractivity contribution is 0.0422. The van der Waals surface area contributed by atoms with E-state index < -0.39 is 0 Å². The highest BCUT2D eigenvalue weighted by Crippen LogP contribution is 2.27. The zero-order chi connectivity index (χ0) is 16.2. The van der Waals surface area contributed by atoms with Crippen molar-refractivity contribution in [3.63, 3.8) is 0 Å². The predicted octanol–water partition coefficient (Wildman–Crippen LogP) is 0.691. The molecule has 1 atom stereocenters. The Bertz CT molecular complexity index is 503. The summed E-state index contributed by atoms with van der Waals surface area (Å²) in [6, 6.07) is 0. The topological polar surface area (TPSA) is 86.4 Å². The highest BCUT2D eigenvalue weighted by molar-refractivity contribution is 5.85. The molecule has 0 aromatic carbocycles. The molecular formula is C16H31Cl2N5O2. The van der Waals surface area contributed by atoms with Crippen LogP contribution in [0.25, 0.3) is 0 Å². The van der Waals surface area contributed by atoms with E-state index in [1.54, 1.807) is 0 Å². The largest absolute Gasteiger partial charge is 0.392 e. The molecule has 2 saturated heterocycles. The first kappa shape index (κ1) is 22.6. The number of aromatic nitrogens is 3. The maximum absolute atomic E-state index is 10.5. The Labute approximate surface area is 162 Å². The van der Waals surface area contributed by atoms with Crippen molar-refractivity contribution < 1.29 is 10.2 Å². The van der Waals surface area contributed by atoms with Gasteiger partial charge in [-0.3, -0.25) is 0 Å². The lowest BCUT2D eigenvalue weighted by atomic mass is 9.90. The van der Waals surface area contributed by atoms with E-state index in [1.165, 1.54) is 0 Å². The smallest absolute Gasteiger partial charge is 0.158 e. The van der Waals surface area contributed by atoms with E-state index in [0.717, 1.165) is 64.2 Å². The van der Waals surface area contributed by atoms with Gasteiger partial charge in [0.2, 0.25) is 0 Å². The Morgan fingerprint density at radius 2 is 1.76 bits per heavy atom. The summed E-state index contributed by atoms with van der Waals surface area (Å²) < 4.78 is 1.92. The third-order valence-corrected chi connectivity index (χ3v) is 5.47. The minimum atomic E-state index is -0.204. The SMILES string of the molecule is Cl.Cl.Cn1c(CO)nnc1C1CCN(CC(O)C2CCNCC2)CC1. The molecule has 0 amide bonds. The summed E-state index contributed by atoms with van der Waals surface area (Å²) in [4.78, 5) is 2.38. The number of aliphatic hydroxyl groups excluding tert-OH is 2. The number of likely N-dealkylation sites (tertiary alicyclic amines) is 1. The molecule has 3 heterocycles. The lowest BCUT2D eigenvalue weighted by Crippen LogP contribution is -2.43. The van der Waals surface area contributed by atoms with Gasteiger partial charge in [0.15, 0.2) is 5.82 Å². The third-order valence-electron chi connectivity index (χ3n) is 5.47. The summed E-state index contributed by atoms with van der Waals surface area (Å²) in [6.45, 7) is 4.78. The summed E-state index contributed by atoms with van der Waals surface area (Å²) in [6.07, 6.45) is 4.04. The van der Waals surface area contributed by atoms with Crippen LogP contribution in [0.1, 0.15) is 43.3 Å². The number of nitrogens with one attached hydrogen (secondary N) is 1. The molecule has 1 aromatic heterocycles. The van der Waals surface area contributed by atoms with Crippen molar-refractivity contribution in [2.75, 3.05) is 32.7 Å². The molecule has 1 unspecified atom stereocenters. The van der Waals surface area contributed by atoms with Crippen LogP contribution in [-0.2, 0) is 13.7 Å².